The average Bonchev–Trinajstić information content (AvgIpc) is 2.53. The second kappa shape index (κ2) is 3.90. The van der Waals surface area contributed by atoms with E-state index in [1.54, 1.807) is 0 Å². The van der Waals surface area contributed by atoms with Gasteiger partial charge in [-0.3, -0.25) is 10.6 Å². The molecule has 0 aromatic heterocycles. The summed E-state index contributed by atoms with van der Waals surface area (Å²) in [5, 5.41) is 0. The number of likely N-dealkylation sites (tertiary alicyclic amines) is 1. The van der Waals surface area contributed by atoms with E-state index in [0.29, 0.717) is 0 Å². The molecule has 1 heterocycles. The van der Waals surface area contributed by atoms with E-state index in [2.05, 4.69) is 29.2 Å². The van der Waals surface area contributed by atoms with Crippen LogP contribution in [-0.4, -0.2) is 24.0 Å². The maximum absolute atomic E-state index is 7.59. The smallest absolute Gasteiger partial charge is 0.0352 e. The van der Waals surface area contributed by atoms with Gasteiger partial charge in [-0.25, -0.2) is 0 Å². The van der Waals surface area contributed by atoms with E-state index in [9.17, 15) is 0 Å². The maximum Gasteiger partial charge on any atom is 0.0352 e. The third kappa shape index (κ3) is 2.29. The minimum absolute atomic E-state index is 0.142. The third-order valence-electron chi connectivity index (χ3n) is 2.52. The average molecular weight is 175 g/mol. The summed E-state index contributed by atoms with van der Waals surface area (Å²) < 4.78 is 0. The molecule has 1 fully saturated rings. The van der Waals surface area contributed by atoms with Gasteiger partial charge in [0.15, 0.2) is 0 Å². The molecule has 1 N–H and O–H groups in total. The van der Waals surface area contributed by atoms with Crippen molar-refractivity contribution in [2.24, 2.45) is 0 Å². The molecule has 0 bridgehead atoms. The van der Waals surface area contributed by atoms with Crippen molar-refractivity contribution in [3.8, 4) is 0 Å². The number of hydrogen-bond acceptors (Lipinski definition) is 1. The van der Waals surface area contributed by atoms with Gasteiger partial charge in [0, 0.05) is 25.7 Å². The van der Waals surface area contributed by atoms with Crippen LogP contribution in [0.2, 0.25) is 0 Å². The van der Waals surface area contributed by atoms with Crippen molar-refractivity contribution in [3.63, 3.8) is 0 Å². The molecule has 1 aromatic carbocycles. The Morgan fingerprint density at radius 3 is 2.69 bits per heavy atom. The van der Waals surface area contributed by atoms with Crippen molar-refractivity contribution in [2.45, 2.75) is 19.0 Å². The summed E-state index contributed by atoms with van der Waals surface area (Å²) in [7, 11) is 0. The quantitative estimate of drug-likeness (QED) is 0.670. The molecule has 1 saturated heterocycles. The lowest BCUT2D eigenvalue weighted by molar-refractivity contribution is 0.326. The first-order valence-electron chi connectivity index (χ1n) is 4.82. The largest absolute Gasteiger partial charge is 0.297 e. The van der Waals surface area contributed by atoms with Crippen molar-refractivity contribution in [1.29, 1.82) is 0 Å². The first-order chi connectivity index (χ1) is 6.34. The molecule has 1 radical (unpaired) electrons. The van der Waals surface area contributed by atoms with Crippen LogP contribution in [0.5, 0.6) is 0 Å². The molecule has 1 aliphatic rings. The molecule has 0 spiro atoms. The number of hydrogen-bond donors (Lipinski definition) is 0. The van der Waals surface area contributed by atoms with Gasteiger partial charge in [0.05, 0.1) is 0 Å². The molecule has 1 atom stereocenters. The molecule has 1 unspecified atom stereocenters. The van der Waals surface area contributed by atoms with Crippen LogP contribution >= 0.6 is 0 Å². The fourth-order valence-electron chi connectivity index (χ4n) is 1.82. The summed E-state index contributed by atoms with van der Waals surface area (Å²) in [5.74, 6) is 0. The standard InChI is InChI=1S/C11H15N2/c12-11-6-7-13(9-11)8-10-4-2-1-3-5-10/h1-5,11-12H,6-9H2. The lowest BCUT2D eigenvalue weighted by Crippen LogP contribution is -2.21. The zero-order valence-corrected chi connectivity index (χ0v) is 7.74. The second-order valence-electron chi connectivity index (χ2n) is 3.71. The Morgan fingerprint density at radius 2 is 2.08 bits per heavy atom. The van der Waals surface area contributed by atoms with Crippen LogP contribution in [0.1, 0.15) is 12.0 Å². The molecule has 0 saturated carbocycles. The van der Waals surface area contributed by atoms with Crippen LogP contribution in [0.25, 0.3) is 0 Å². The molecule has 2 nitrogen and oxygen atoms in total. The number of nitrogens with one attached hydrogen (secondary N) is 1. The molecule has 1 aromatic rings. The van der Waals surface area contributed by atoms with Gasteiger partial charge in [0.25, 0.3) is 0 Å². The summed E-state index contributed by atoms with van der Waals surface area (Å²) in [6, 6.07) is 10.6. The third-order valence-corrected chi connectivity index (χ3v) is 2.52. The highest BCUT2D eigenvalue weighted by molar-refractivity contribution is 5.14. The molecule has 1 aliphatic heterocycles. The van der Waals surface area contributed by atoms with Crippen LogP contribution in [0.3, 0.4) is 0 Å². The summed E-state index contributed by atoms with van der Waals surface area (Å²) in [5.41, 5.74) is 8.94. The Morgan fingerprint density at radius 1 is 1.31 bits per heavy atom. The van der Waals surface area contributed by atoms with E-state index < -0.39 is 0 Å². The van der Waals surface area contributed by atoms with E-state index in [-0.39, 0.29) is 6.04 Å². The van der Waals surface area contributed by atoms with Crippen molar-refractivity contribution in [2.75, 3.05) is 13.1 Å². The van der Waals surface area contributed by atoms with Crippen molar-refractivity contribution in [1.82, 2.24) is 10.6 Å². The van der Waals surface area contributed by atoms with E-state index in [1.807, 2.05) is 6.07 Å². The van der Waals surface area contributed by atoms with Crippen LogP contribution in [0.15, 0.2) is 30.3 Å². The highest BCUT2D eigenvalue weighted by Gasteiger charge is 2.18. The Labute approximate surface area is 79.4 Å². The SMILES string of the molecule is [NH]C1CCN(Cc2ccccc2)C1. The van der Waals surface area contributed by atoms with Gasteiger partial charge in [-0.15, -0.1) is 0 Å². The van der Waals surface area contributed by atoms with E-state index in [1.165, 1.54) is 5.56 Å². The van der Waals surface area contributed by atoms with Crippen LogP contribution < -0.4 is 5.73 Å². The second-order valence-corrected chi connectivity index (χ2v) is 3.71. The lowest BCUT2D eigenvalue weighted by Gasteiger charge is -2.14. The Bertz CT molecular complexity index is 258. The fraction of sp³-hybridized carbons (Fsp3) is 0.455. The Hall–Kier alpha value is -0.860. The van der Waals surface area contributed by atoms with Crippen LogP contribution in [-0.2, 0) is 6.54 Å². The van der Waals surface area contributed by atoms with E-state index >= 15 is 0 Å². The highest BCUT2D eigenvalue weighted by atomic mass is 15.2. The van der Waals surface area contributed by atoms with Gasteiger partial charge >= 0.3 is 0 Å². The molecular formula is C11H15N2. The van der Waals surface area contributed by atoms with E-state index in [0.717, 1.165) is 26.1 Å². The van der Waals surface area contributed by atoms with Gasteiger partial charge < -0.3 is 0 Å². The van der Waals surface area contributed by atoms with Crippen molar-refractivity contribution in [3.05, 3.63) is 35.9 Å². The fourth-order valence-corrected chi connectivity index (χ4v) is 1.82. The summed E-state index contributed by atoms with van der Waals surface area (Å²) >= 11 is 0. The zero-order valence-electron chi connectivity index (χ0n) is 7.74. The number of nitrogens with zero attached hydrogens (tertiary/aromatic N) is 1. The molecule has 13 heavy (non-hydrogen) atoms. The molecule has 69 valence electrons. The molecule has 2 heteroatoms. The monoisotopic (exact) mass is 175 g/mol. The number of rotatable bonds is 2. The van der Waals surface area contributed by atoms with Gasteiger partial charge in [-0.1, -0.05) is 30.3 Å². The summed E-state index contributed by atoms with van der Waals surface area (Å²) in [4.78, 5) is 2.35. The van der Waals surface area contributed by atoms with Crippen molar-refractivity contribution < 1.29 is 0 Å². The number of benzene rings is 1. The topological polar surface area (TPSA) is 27.0 Å². The maximum atomic E-state index is 7.59. The van der Waals surface area contributed by atoms with E-state index in [4.69, 9.17) is 5.73 Å². The molecule has 0 aliphatic carbocycles. The zero-order chi connectivity index (χ0) is 9.10. The highest BCUT2D eigenvalue weighted by Crippen LogP contribution is 2.12. The first-order valence-corrected chi connectivity index (χ1v) is 4.82. The molecular weight excluding hydrogens is 160 g/mol. The normalized spacial score (nSPS) is 23.6. The summed E-state index contributed by atoms with van der Waals surface area (Å²) in [6.07, 6.45) is 1.03. The van der Waals surface area contributed by atoms with Gasteiger partial charge in [0.2, 0.25) is 0 Å². The van der Waals surface area contributed by atoms with Crippen LogP contribution in [0, 0.1) is 0 Å². The molecule has 0 amide bonds. The van der Waals surface area contributed by atoms with Gasteiger partial charge in [-0.2, -0.15) is 0 Å². The Kier molecular flexibility index (Phi) is 2.62. The summed E-state index contributed by atoms with van der Waals surface area (Å²) in [6.45, 7) is 3.04. The minimum Gasteiger partial charge on any atom is -0.297 e. The first kappa shape index (κ1) is 8.73. The molecule has 2 rings (SSSR count). The lowest BCUT2D eigenvalue weighted by atomic mass is 10.2. The Balaban J connectivity index is 1.92. The predicted octanol–water partition coefficient (Wildman–Crippen LogP) is 1.54. The van der Waals surface area contributed by atoms with Gasteiger partial charge in [-0.05, 0) is 12.0 Å². The van der Waals surface area contributed by atoms with Crippen LogP contribution in [0.4, 0.5) is 0 Å². The predicted molar refractivity (Wildman–Crippen MR) is 53.2 cm³/mol. The minimum atomic E-state index is 0.142. The van der Waals surface area contributed by atoms with Gasteiger partial charge in [0.1, 0.15) is 0 Å². The van der Waals surface area contributed by atoms with Crippen molar-refractivity contribution >= 4 is 0 Å².